The zero-order valence-corrected chi connectivity index (χ0v) is 17.6. The Kier molecular flexibility index (Phi) is 6.55. The summed E-state index contributed by atoms with van der Waals surface area (Å²) in [5.74, 6) is 1.43. The molecule has 3 fully saturated rings. The van der Waals surface area contributed by atoms with Gasteiger partial charge in [0.05, 0.1) is 15.3 Å². The molecular formula is C20H28ClN3O3S. The Morgan fingerprint density at radius 1 is 1.18 bits per heavy atom. The van der Waals surface area contributed by atoms with Crippen LogP contribution in [0.25, 0.3) is 0 Å². The molecule has 3 heterocycles. The maximum atomic E-state index is 12.3. The summed E-state index contributed by atoms with van der Waals surface area (Å²) in [6.07, 6.45) is 4.97. The second-order valence-corrected chi connectivity index (χ2v) is 9.95. The van der Waals surface area contributed by atoms with Crippen LogP contribution in [0.1, 0.15) is 35.4 Å². The molecule has 3 aliphatic rings. The molecule has 2 aliphatic heterocycles. The molecule has 4 rings (SSSR count). The summed E-state index contributed by atoms with van der Waals surface area (Å²) in [6.45, 7) is 5.44. The second kappa shape index (κ2) is 9.11. The Hall–Kier alpha value is -1.15. The molecule has 8 heteroatoms. The number of nitrogens with zero attached hydrogens (tertiary/aromatic N) is 2. The lowest BCUT2D eigenvalue weighted by Crippen LogP contribution is -2.52. The van der Waals surface area contributed by atoms with Crippen LogP contribution in [0, 0.1) is 11.8 Å². The molecule has 1 saturated carbocycles. The minimum absolute atomic E-state index is 0.0630. The van der Waals surface area contributed by atoms with Crippen molar-refractivity contribution in [3.63, 3.8) is 0 Å². The standard InChI is InChI=1S/C20H28ClN3O3S/c21-18-4-3-17(28-18)20(26)22-9-16-12-24(19(25)13-27-16)11-15-5-7-23(8-6-15)10-14-1-2-14/h3-4,14-16H,1-2,5-13H2,(H,22,26). The predicted octanol–water partition coefficient (Wildman–Crippen LogP) is 2.48. The quantitative estimate of drug-likeness (QED) is 0.729. The largest absolute Gasteiger partial charge is 0.365 e. The van der Waals surface area contributed by atoms with E-state index in [0.717, 1.165) is 38.4 Å². The number of thiophene rings is 1. The van der Waals surface area contributed by atoms with E-state index in [4.69, 9.17) is 16.3 Å². The van der Waals surface area contributed by atoms with Crippen LogP contribution < -0.4 is 5.32 Å². The van der Waals surface area contributed by atoms with Crippen molar-refractivity contribution in [1.29, 1.82) is 0 Å². The fourth-order valence-corrected chi connectivity index (χ4v) is 5.00. The highest BCUT2D eigenvalue weighted by Crippen LogP contribution is 2.31. The first-order valence-corrected chi connectivity index (χ1v) is 11.4. The Labute approximate surface area is 175 Å². The number of ether oxygens (including phenoxy) is 1. The average Bonchev–Trinajstić information content (AvgIpc) is 3.40. The first-order chi connectivity index (χ1) is 13.6. The molecule has 1 aromatic rings. The van der Waals surface area contributed by atoms with Crippen molar-refractivity contribution in [1.82, 2.24) is 15.1 Å². The van der Waals surface area contributed by atoms with Crippen LogP contribution in [0.15, 0.2) is 12.1 Å². The first kappa shape index (κ1) is 20.1. The van der Waals surface area contributed by atoms with Crippen molar-refractivity contribution in [2.45, 2.75) is 31.8 Å². The highest BCUT2D eigenvalue weighted by molar-refractivity contribution is 7.17. The van der Waals surface area contributed by atoms with Crippen molar-refractivity contribution in [3.8, 4) is 0 Å². The van der Waals surface area contributed by atoms with E-state index >= 15 is 0 Å². The third-order valence-corrected chi connectivity index (χ3v) is 7.14. The summed E-state index contributed by atoms with van der Waals surface area (Å²) in [6, 6.07) is 3.43. The zero-order valence-electron chi connectivity index (χ0n) is 16.1. The van der Waals surface area contributed by atoms with Gasteiger partial charge in [0.15, 0.2) is 0 Å². The molecule has 0 bridgehead atoms. The summed E-state index contributed by atoms with van der Waals surface area (Å²) in [4.78, 5) is 29.6. The van der Waals surface area contributed by atoms with Crippen LogP contribution in [0.2, 0.25) is 4.34 Å². The van der Waals surface area contributed by atoms with Crippen molar-refractivity contribution in [2.75, 3.05) is 45.9 Å². The maximum absolute atomic E-state index is 12.3. The van der Waals surface area contributed by atoms with Crippen molar-refractivity contribution >= 4 is 34.8 Å². The van der Waals surface area contributed by atoms with Gasteiger partial charge in [0.25, 0.3) is 5.91 Å². The molecule has 1 atom stereocenters. The van der Waals surface area contributed by atoms with E-state index in [1.165, 1.54) is 30.7 Å². The van der Waals surface area contributed by atoms with Gasteiger partial charge in [-0.1, -0.05) is 11.6 Å². The lowest BCUT2D eigenvalue weighted by atomic mass is 9.95. The minimum Gasteiger partial charge on any atom is -0.365 e. The third kappa shape index (κ3) is 5.47. The van der Waals surface area contributed by atoms with Gasteiger partial charge in [-0.3, -0.25) is 9.59 Å². The molecule has 1 aliphatic carbocycles. The number of hydrogen-bond donors (Lipinski definition) is 1. The van der Waals surface area contributed by atoms with E-state index in [1.807, 2.05) is 4.90 Å². The van der Waals surface area contributed by atoms with E-state index in [9.17, 15) is 9.59 Å². The lowest BCUT2D eigenvalue weighted by Gasteiger charge is -2.38. The number of likely N-dealkylation sites (tertiary alicyclic amines) is 1. The van der Waals surface area contributed by atoms with Gasteiger partial charge in [-0.15, -0.1) is 11.3 Å². The van der Waals surface area contributed by atoms with Crippen LogP contribution in [-0.4, -0.2) is 73.6 Å². The molecule has 1 unspecified atom stereocenters. The smallest absolute Gasteiger partial charge is 0.261 e. The molecule has 28 heavy (non-hydrogen) atoms. The number of hydrogen-bond acceptors (Lipinski definition) is 5. The van der Waals surface area contributed by atoms with E-state index < -0.39 is 0 Å². The van der Waals surface area contributed by atoms with Gasteiger partial charge in [-0.05, 0) is 62.7 Å². The molecule has 2 amide bonds. The molecule has 2 saturated heterocycles. The van der Waals surface area contributed by atoms with Gasteiger partial charge in [-0.2, -0.15) is 0 Å². The van der Waals surface area contributed by atoms with E-state index in [0.29, 0.717) is 28.2 Å². The van der Waals surface area contributed by atoms with Crippen LogP contribution in [0.3, 0.4) is 0 Å². The molecular weight excluding hydrogens is 398 g/mol. The summed E-state index contributed by atoms with van der Waals surface area (Å²) in [7, 11) is 0. The lowest BCUT2D eigenvalue weighted by molar-refractivity contribution is -0.149. The second-order valence-electron chi connectivity index (χ2n) is 8.23. The summed E-state index contributed by atoms with van der Waals surface area (Å²) < 4.78 is 6.23. The number of amides is 2. The molecule has 154 valence electrons. The Bertz CT molecular complexity index is 701. The van der Waals surface area contributed by atoms with Crippen LogP contribution >= 0.6 is 22.9 Å². The summed E-state index contributed by atoms with van der Waals surface area (Å²) in [5, 5.41) is 2.89. The number of halogens is 1. The topological polar surface area (TPSA) is 61.9 Å². The number of rotatable bonds is 7. The minimum atomic E-state index is -0.160. The number of piperidine rings is 1. The third-order valence-electron chi connectivity index (χ3n) is 5.91. The number of morpholine rings is 1. The SMILES string of the molecule is O=C(NCC1CN(CC2CCN(CC3CC3)CC2)C(=O)CO1)c1ccc(Cl)s1. The maximum Gasteiger partial charge on any atom is 0.261 e. The number of nitrogens with one attached hydrogen (secondary N) is 1. The average molecular weight is 426 g/mol. The van der Waals surface area contributed by atoms with Gasteiger partial charge in [0.1, 0.15) is 6.61 Å². The van der Waals surface area contributed by atoms with Crippen LogP contribution in [0.4, 0.5) is 0 Å². The molecule has 1 N–H and O–H groups in total. The van der Waals surface area contributed by atoms with Crippen LogP contribution in [0.5, 0.6) is 0 Å². The highest BCUT2D eigenvalue weighted by Gasteiger charge is 2.31. The molecule has 0 spiro atoms. The van der Waals surface area contributed by atoms with Crippen molar-refractivity contribution in [3.05, 3.63) is 21.3 Å². The summed E-state index contributed by atoms with van der Waals surface area (Å²) in [5.41, 5.74) is 0. The Morgan fingerprint density at radius 3 is 2.61 bits per heavy atom. The van der Waals surface area contributed by atoms with Gasteiger partial charge in [0.2, 0.25) is 5.91 Å². The Balaban J connectivity index is 1.21. The normalized spacial score (nSPS) is 24.5. The zero-order chi connectivity index (χ0) is 19.5. The van der Waals surface area contributed by atoms with Crippen molar-refractivity contribution < 1.29 is 14.3 Å². The predicted molar refractivity (Wildman–Crippen MR) is 110 cm³/mol. The number of carbonyl (C=O) groups is 2. The fourth-order valence-electron chi connectivity index (χ4n) is 4.04. The molecule has 1 aromatic heterocycles. The van der Waals surface area contributed by atoms with Crippen LogP contribution in [-0.2, 0) is 9.53 Å². The molecule has 0 radical (unpaired) electrons. The molecule has 0 aromatic carbocycles. The fraction of sp³-hybridized carbons (Fsp3) is 0.700. The van der Waals surface area contributed by atoms with E-state index in [1.54, 1.807) is 12.1 Å². The first-order valence-electron chi connectivity index (χ1n) is 10.2. The van der Waals surface area contributed by atoms with E-state index in [-0.39, 0.29) is 24.5 Å². The van der Waals surface area contributed by atoms with Gasteiger partial charge < -0.3 is 19.9 Å². The Morgan fingerprint density at radius 2 is 1.93 bits per heavy atom. The summed E-state index contributed by atoms with van der Waals surface area (Å²) >= 11 is 7.14. The van der Waals surface area contributed by atoms with Gasteiger partial charge in [0, 0.05) is 26.2 Å². The highest BCUT2D eigenvalue weighted by atomic mass is 35.5. The van der Waals surface area contributed by atoms with Gasteiger partial charge in [-0.25, -0.2) is 0 Å². The van der Waals surface area contributed by atoms with Gasteiger partial charge >= 0.3 is 0 Å². The monoisotopic (exact) mass is 425 g/mol. The molecule has 6 nitrogen and oxygen atoms in total. The van der Waals surface area contributed by atoms with Crippen molar-refractivity contribution in [2.24, 2.45) is 11.8 Å². The number of carbonyl (C=O) groups excluding carboxylic acids is 2. The van der Waals surface area contributed by atoms with E-state index in [2.05, 4.69) is 10.2 Å².